The van der Waals surface area contributed by atoms with Crippen molar-refractivity contribution in [3.8, 4) is 17.5 Å². The van der Waals surface area contributed by atoms with Crippen LogP contribution in [0.15, 0.2) is 47.2 Å². The first-order valence-electron chi connectivity index (χ1n) is 6.83. The van der Waals surface area contributed by atoms with Gasteiger partial charge in [-0.3, -0.25) is 15.1 Å². The molecule has 9 nitrogen and oxygen atoms in total. The van der Waals surface area contributed by atoms with Crippen LogP contribution in [0.3, 0.4) is 0 Å². The third kappa shape index (κ3) is 3.17. The zero-order valence-corrected chi connectivity index (χ0v) is 12.2. The van der Waals surface area contributed by atoms with Crippen LogP contribution in [0.5, 0.6) is 0 Å². The molecule has 3 rings (SSSR count). The van der Waals surface area contributed by atoms with Crippen LogP contribution in [0.4, 0.5) is 11.4 Å². The van der Waals surface area contributed by atoms with Gasteiger partial charge in [-0.2, -0.15) is 10.2 Å². The summed E-state index contributed by atoms with van der Waals surface area (Å²) in [6.45, 7) is 0.0911. The second-order valence-corrected chi connectivity index (χ2v) is 4.70. The van der Waals surface area contributed by atoms with Crippen molar-refractivity contribution in [2.75, 3.05) is 5.32 Å². The summed E-state index contributed by atoms with van der Waals surface area (Å²) in [4.78, 5) is 18.6. The molecule has 0 saturated carbocycles. The summed E-state index contributed by atoms with van der Waals surface area (Å²) in [5.74, 6) is 0.660. The van der Waals surface area contributed by atoms with Gasteiger partial charge in [-0.1, -0.05) is 5.16 Å². The fraction of sp³-hybridized carbons (Fsp3) is 0.0667. The zero-order chi connectivity index (χ0) is 16.9. The highest BCUT2D eigenvalue weighted by molar-refractivity contribution is 5.64. The molecule has 0 spiro atoms. The number of nitro benzene ring substituents is 1. The lowest BCUT2D eigenvalue weighted by atomic mass is 10.2. The Bertz CT molecular complexity index is 916. The molecule has 1 N–H and O–H groups in total. The molecule has 9 heteroatoms. The minimum absolute atomic E-state index is 0.0911. The van der Waals surface area contributed by atoms with Gasteiger partial charge in [0.05, 0.1) is 23.1 Å². The topological polar surface area (TPSA) is 131 Å². The number of nitrogens with one attached hydrogen (secondary N) is 1. The van der Waals surface area contributed by atoms with Crippen molar-refractivity contribution in [1.82, 2.24) is 15.1 Å². The molecule has 0 saturated heterocycles. The summed E-state index contributed by atoms with van der Waals surface area (Å²) in [6, 6.07) is 9.48. The highest BCUT2D eigenvalue weighted by Crippen LogP contribution is 2.26. The van der Waals surface area contributed by atoms with E-state index in [-0.39, 0.29) is 23.8 Å². The van der Waals surface area contributed by atoms with Crippen molar-refractivity contribution in [2.24, 2.45) is 0 Å². The first-order chi connectivity index (χ1) is 11.7. The molecule has 0 amide bonds. The number of hydrogen-bond acceptors (Lipinski definition) is 8. The minimum atomic E-state index is -0.528. The Balaban J connectivity index is 1.78. The molecule has 1 aromatic carbocycles. The maximum absolute atomic E-state index is 11.0. The summed E-state index contributed by atoms with van der Waals surface area (Å²) in [5.41, 5.74) is 1.13. The Kier molecular flexibility index (Phi) is 4.11. The molecule has 2 heterocycles. The number of rotatable bonds is 5. The number of pyridine rings is 1. The summed E-state index contributed by atoms with van der Waals surface area (Å²) in [5, 5.41) is 26.7. The minimum Gasteiger partial charge on any atom is -0.371 e. The van der Waals surface area contributed by atoms with Gasteiger partial charge in [-0.25, -0.2) is 0 Å². The summed E-state index contributed by atoms with van der Waals surface area (Å²) < 4.78 is 5.12. The van der Waals surface area contributed by atoms with E-state index in [1.54, 1.807) is 24.5 Å². The first-order valence-corrected chi connectivity index (χ1v) is 6.83. The van der Waals surface area contributed by atoms with Gasteiger partial charge in [-0.05, 0) is 24.3 Å². The maximum atomic E-state index is 11.0. The van der Waals surface area contributed by atoms with Gasteiger partial charge in [0.25, 0.3) is 5.69 Å². The van der Waals surface area contributed by atoms with E-state index in [0.717, 1.165) is 5.56 Å². The number of hydrogen-bond donors (Lipinski definition) is 1. The van der Waals surface area contributed by atoms with Gasteiger partial charge in [-0.15, -0.1) is 0 Å². The third-order valence-electron chi connectivity index (χ3n) is 3.16. The molecule has 3 aromatic rings. The van der Waals surface area contributed by atoms with Crippen LogP contribution in [0, 0.1) is 21.4 Å². The molecule has 0 unspecified atom stereocenters. The van der Waals surface area contributed by atoms with E-state index >= 15 is 0 Å². The number of benzene rings is 1. The number of aromatic nitrogens is 3. The number of anilines is 1. The van der Waals surface area contributed by atoms with Crippen LogP contribution >= 0.6 is 0 Å². The normalized spacial score (nSPS) is 10.1. The molecule has 0 aliphatic heterocycles. The second-order valence-electron chi connectivity index (χ2n) is 4.70. The summed E-state index contributed by atoms with van der Waals surface area (Å²) >= 11 is 0. The van der Waals surface area contributed by atoms with Gasteiger partial charge in [0, 0.05) is 24.0 Å². The largest absolute Gasteiger partial charge is 0.371 e. The highest BCUT2D eigenvalue weighted by Gasteiger charge is 2.15. The Morgan fingerprint density at radius 2 is 2.08 bits per heavy atom. The Labute approximate surface area is 135 Å². The lowest BCUT2D eigenvalue weighted by Gasteiger charge is -2.04. The summed E-state index contributed by atoms with van der Waals surface area (Å²) in [7, 11) is 0. The molecule has 118 valence electrons. The van der Waals surface area contributed by atoms with Crippen molar-refractivity contribution < 1.29 is 9.45 Å². The molecule has 0 aliphatic rings. The lowest BCUT2D eigenvalue weighted by Crippen LogP contribution is -2.03. The fourth-order valence-electron chi connectivity index (χ4n) is 2.02. The molecular weight excluding hydrogens is 312 g/mol. The van der Waals surface area contributed by atoms with Crippen molar-refractivity contribution in [1.29, 1.82) is 5.26 Å². The van der Waals surface area contributed by atoms with Crippen LogP contribution in [0.2, 0.25) is 0 Å². The van der Waals surface area contributed by atoms with Gasteiger partial charge in [0.15, 0.2) is 0 Å². The van der Waals surface area contributed by atoms with Crippen molar-refractivity contribution in [3.05, 3.63) is 64.3 Å². The van der Waals surface area contributed by atoms with Crippen LogP contribution < -0.4 is 5.32 Å². The van der Waals surface area contributed by atoms with Crippen molar-refractivity contribution in [2.45, 2.75) is 6.54 Å². The predicted molar refractivity (Wildman–Crippen MR) is 82.7 cm³/mol. The Hall–Kier alpha value is -3.80. The average molecular weight is 322 g/mol. The first kappa shape index (κ1) is 15.1. The lowest BCUT2D eigenvalue weighted by molar-refractivity contribution is -0.384. The van der Waals surface area contributed by atoms with E-state index in [2.05, 4.69) is 20.4 Å². The zero-order valence-electron chi connectivity index (χ0n) is 12.2. The van der Waals surface area contributed by atoms with Crippen LogP contribution in [0.25, 0.3) is 11.4 Å². The number of nitro groups is 1. The molecular formula is C15H10N6O3. The molecule has 0 atom stereocenters. The molecule has 0 aliphatic carbocycles. The van der Waals surface area contributed by atoms with E-state index in [0.29, 0.717) is 11.4 Å². The molecule has 24 heavy (non-hydrogen) atoms. The van der Waals surface area contributed by atoms with Gasteiger partial charge in [0.1, 0.15) is 5.69 Å². The predicted octanol–water partition coefficient (Wildman–Crippen LogP) is 2.52. The van der Waals surface area contributed by atoms with E-state index in [1.807, 2.05) is 6.07 Å². The van der Waals surface area contributed by atoms with E-state index in [9.17, 15) is 10.1 Å². The van der Waals surface area contributed by atoms with Gasteiger partial charge < -0.3 is 9.84 Å². The highest BCUT2D eigenvalue weighted by atomic mass is 16.6. The Morgan fingerprint density at radius 1 is 1.29 bits per heavy atom. The number of nitriles is 1. The average Bonchev–Trinajstić information content (AvgIpc) is 3.09. The standard InChI is InChI=1S/C15H10N6O3/c16-8-10-1-2-13(21(22)23)12(7-10)18-9-14-19-15(20-24-14)11-3-5-17-6-4-11/h1-7,18H,9H2. The summed E-state index contributed by atoms with van der Waals surface area (Å²) in [6.07, 6.45) is 3.22. The quantitative estimate of drug-likeness (QED) is 0.560. The molecule has 0 fully saturated rings. The van der Waals surface area contributed by atoms with Crippen LogP contribution in [-0.4, -0.2) is 20.0 Å². The molecule has 2 aromatic heterocycles. The monoisotopic (exact) mass is 322 g/mol. The van der Waals surface area contributed by atoms with E-state index in [1.165, 1.54) is 18.2 Å². The molecule has 0 radical (unpaired) electrons. The SMILES string of the molecule is N#Cc1ccc([N+](=O)[O-])c(NCc2nc(-c3ccncc3)no2)c1. The van der Waals surface area contributed by atoms with Crippen molar-refractivity contribution in [3.63, 3.8) is 0 Å². The third-order valence-corrected chi connectivity index (χ3v) is 3.16. The van der Waals surface area contributed by atoms with Crippen molar-refractivity contribution >= 4 is 11.4 Å². The fourth-order valence-corrected chi connectivity index (χ4v) is 2.02. The van der Waals surface area contributed by atoms with E-state index < -0.39 is 4.92 Å². The van der Waals surface area contributed by atoms with Crippen LogP contribution in [-0.2, 0) is 6.54 Å². The Morgan fingerprint density at radius 3 is 2.79 bits per heavy atom. The maximum Gasteiger partial charge on any atom is 0.292 e. The smallest absolute Gasteiger partial charge is 0.292 e. The van der Waals surface area contributed by atoms with Gasteiger partial charge in [0.2, 0.25) is 11.7 Å². The van der Waals surface area contributed by atoms with Crippen LogP contribution in [0.1, 0.15) is 11.5 Å². The molecule has 0 bridgehead atoms. The van der Waals surface area contributed by atoms with Gasteiger partial charge >= 0.3 is 0 Å². The second kappa shape index (κ2) is 6.53. The number of nitrogens with zero attached hydrogens (tertiary/aromatic N) is 5. The van der Waals surface area contributed by atoms with E-state index in [4.69, 9.17) is 9.78 Å².